The van der Waals surface area contributed by atoms with Gasteiger partial charge in [0.2, 0.25) is 0 Å². The summed E-state index contributed by atoms with van der Waals surface area (Å²) in [6.07, 6.45) is -0.730. The maximum Gasteiger partial charge on any atom is 0.419 e. The molecule has 0 radical (unpaired) electrons. The van der Waals surface area contributed by atoms with Crippen molar-refractivity contribution >= 4 is 5.82 Å². The number of rotatable bonds is 5. The highest BCUT2D eigenvalue weighted by atomic mass is 19.4. The molecule has 180 valence electrons. The highest BCUT2D eigenvalue weighted by Gasteiger charge is 2.58. The lowest BCUT2D eigenvalue weighted by molar-refractivity contribution is -0.137. The number of fused-ring (bicyclic) bond motifs is 1. The van der Waals surface area contributed by atoms with Crippen LogP contribution in [0.5, 0.6) is 0 Å². The number of nitrogens with zero attached hydrogens (tertiary/aromatic N) is 5. The van der Waals surface area contributed by atoms with E-state index in [9.17, 15) is 13.2 Å². The predicted octanol–water partition coefficient (Wildman–Crippen LogP) is 4.26. The monoisotopic (exact) mass is 462 g/mol. The molecule has 1 saturated heterocycles. The van der Waals surface area contributed by atoms with Gasteiger partial charge in [-0.3, -0.25) is 9.58 Å². The van der Waals surface area contributed by atoms with Gasteiger partial charge < -0.3 is 10.6 Å². The smallest absolute Gasteiger partial charge is 0.383 e. The van der Waals surface area contributed by atoms with Crippen molar-refractivity contribution in [3.05, 3.63) is 29.6 Å². The van der Waals surface area contributed by atoms with E-state index < -0.39 is 17.6 Å². The summed E-state index contributed by atoms with van der Waals surface area (Å²) in [4.78, 5) is 8.97. The molecule has 0 spiro atoms. The largest absolute Gasteiger partial charge is 0.419 e. The normalized spacial score (nSPS) is 28.5. The van der Waals surface area contributed by atoms with Gasteiger partial charge in [0, 0.05) is 61.6 Å². The summed E-state index contributed by atoms with van der Waals surface area (Å²) in [6.45, 7) is 12.1. The molecule has 2 N–H and O–H groups in total. The standard InChI is InChI=1S/C24H33F3N6/c1-4-31-5-7-32(8-6-31)16-10-17-18(11-16)22(17)21-12-20(30-33(21)14(2)3)15-9-19(24(25,26)27)23(28)29-13-15/h9,12-14,16-18,22H,4-8,10-11H2,1-3H3,(H2,28,29)/t16-,17+,18-,22-. The fourth-order valence-electron chi connectivity index (χ4n) is 6.05. The van der Waals surface area contributed by atoms with E-state index in [0.717, 1.165) is 44.5 Å². The Morgan fingerprint density at radius 1 is 1.09 bits per heavy atom. The first-order chi connectivity index (χ1) is 15.7. The van der Waals surface area contributed by atoms with Crippen LogP contribution in [0.25, 0.3) is 11.3 Å². The number of hydrogen-bond donors (Lipinski definition) is 1. The minimum absolute atomic E-state index is 0.136. The van der Waals surface area contributed by atoms with E-state index in [1.165, 1.54) is 19.0 Å². The second-order valence-electron chi connectivity index (χ2n) is 10.1. The molecule has 2 aromatic heterocycles. The van der Waals surface area contributed by atoms with Crippen molar-refractivity contribution in [3.8, 4) is 11.3 Å². The average molecular weight is 463 g/mol. The number of aromatic nitrogens is 3. The Bertz CT molecular complexity index is 996. The minimum Gasteiger partial charge on any atom is -0.383 e. The van der Waals surface area contributed by atoms with Gasteiger partial charge >= 0.3 is 6.18 Å². The first-order valence-corrected chi connectivity index (χ1v) is 12.1. The topological polar surface area (TPSA) is 63.2 Å². The Hall–Kier alpha value is -2.13. The number of nitrogen functional groups attached to an aromatic ring is 1. The van der Waals surface area contributed by atoms with Crippen LogP contribution in [0.4, 0.5) is 19.0 Å². The zero-order valence-electron chi connectivity index (χ0n) is 19.5. The van der Waals surface area contributed by atoms with Crippen LogP contribution in [0.2, 0.25) is 0 Å². The van der Waals surface area contributed by atoms with Gasteiger partial charge in [0.05, 0.1) is 11.3 Å². The lowest BCUT2D eigenvalue weighted by atomic mass is 10.0. The molecule has 6 nitrogen and oxygen atoms in total. The van der Waals surface area contributed by atoms with Crippen LogP contribution in [0, 0.1) is 11.8 Å². The van der Waals surface area contributed by atoms with Gasteiger partial charge in [-0.25, -0.2) is 4.98 Å². The quantitative estimate of drug-likeness (QED) is 0.720. The third-order valence-corrected chi connectivity index (χ3v) is 7.91. The first-order valence-electron chi connectivity index (χ1n) is 12.1. The maximum atomic E-state index is 13.3. The average Bonchev–Trinajstić information content (AvgIpc) is 3.13. The van der Waals surface area contributed by atoms with E-state index >= 15 is 0 Å². The molecule has 2 aromatic rings. The number of halogens is 3. The van der Waals surface area contributed by atoms with E-state index in [4.69, 9.17) is 10.8 Å². The van der Waals surface area contributed by atoms with Gasteiger partial charge in [-0.15, -0.1) is 0 Å². The highest BCUT2D eigenvalue weighted by molar-refractivity contribution is 5.63. The molecule has 3 heterocycles. The SMILES string of the molecule is CCN1CCN([C@H]2C[C@@H]3[C@H](C2)[C@H]3c2cc(-c3cnc(N)c(C(F)(F)F)c3)nn2C(C)C)CC1. The van der Waals surface area contributed by atoms with Crippen LogP contribution in [0.1, 0.15) is 56.8 Å². The number of piperazine rings is 1. The molecular weight excluding hydrogens is 429 g/mol. The first kappa shape index (κ1) is 22.7. The van der Waals surface area contributed by atoms with E-state index in [1.54, 1.807) is 0 Å². The molecule has 1 aliphatic heterocycles. The summed E-state index contributed by atoms with van der Waals surface area (Å²) in [7, 11) is 0. The van der Waals surface area contributed by atoms with Crippen molar-refractivity contribution in [2.24, 2.45) is 11.8 Å². The van der Waals surface area contributed by atoms with E-state index in [0.29, 0.717) is 35.1 Å². The maximum absolute atomic E-state index is 13.3. The second-order valence-corrected chi connectivity index (χ2v) is 10.1. The van der Waals surface area contributed by atoms with Crippen LogP contribution in [0.15, 0.2) is 18.3 Å². The third kappa shape index (κ3) is 4.14. The number of hydrogen-bond acceptors (Lipinski definition) is 5. The molecular formula is C24H33F3N6. The Morgan fingerprint density at radius 2 is 1.76 bits per heavy atom. The summed E-state index contributed by atoms with van der Waals surface area (Å²) in [5.74, 6) is 1.25. The van der Waals surface area contributed by atoms with Gasteiger partial charge in [0.25, 0.3) is 0 Å². The summed E-state index contributed by atoms with van der Waals surface area (Å²) in [6, 6.07) is 3.85. The summed E-state index contributed by atoms with van der Waals surface area (Å²) >= 11 is 0. The molecule has 2 saturated carbocycles. The molecule has 0 aromatic carbocycles. The fraction of sp³-hybridized carbons (Fsp3) is 0.667. The molecule has 9 heteroatoms. The van der Waals surface area contributed by atoms with Crippen molar-refractivity contribution in [1.82, 2.24) is 24.6 Å². The van der Waals surface area contributed by atoms with Crippen LogP contribution in [0.3, 0.4) is 0 Å². The molecule has 2 aliphatic carbocycles. The summed E-state index contributed by atoms with van der Waals surface area (Å²) in [5.41, 5.74) is 6.62. The lowest BCUT2D eigenvalue weighted by Gasteiger charge is -2.38. The van der Waals surface area contributed by atoms with Crippen LogP contribution in [-0.2, 0) is 6.18 Å². The number of alkyl halides is 3. The Labute approximate surface area is 192 Å². The van der Waals surface area contributed by atoms with Crippen LogP contribution < -0.4 is 5.73 Å². The van der Waals surface area contributed by atoms with Crippen molar-refractivity contribution in [2.75, 3.05) is 38.5 Å². The van der Waals surface area contributed by atoms with E-state index in [2.05, 4.69) is 35.6 Å². The number of anilines is 1. The molecule has 5 rings (SSSR count). The van der Waals surface area contributed by atoms with Gasteiger partial charge in [0.1, 0.15) is 5.82 Å². The van der Waals surface area contributed by atoms with Crippen molar-refractivity contribution in [2.45, 2.75) is 57.8 Å². The van der Waals surface area contributed by atoms with Gasteiger partial charge in [0.15, 0.2) is 0 Å². The summed E-state index contributed by atoms with van der Waals surface area (Å²) < 4.78 is 42.0. The van der Waals surface area contributed by atoms with Crippen LogP contribution >= 0.6 is 0 Å². The minimum atomic E-state index is -4.54. The van der Waals surface area contributed by atoms with Gasteiger partial charge in [-0.1, -0.05) is 6.92 Å². The predicted molar refractivity (Wildman–Crippen MR) is 122 cm³/mol. The second kappa shape index (κ2) is 8.27. The Morgan fingerprint density at radius 3 is 2.33 bits per heavy atom. The fourth-order valence-corrected chi connectivity index (χ4v) is 6.05. The lowest BCUT2D eigenvalue weighted by Crippen LogP contribution is -2.49. The molecule has 0 bridgehead atoms. The molecule has 3 fully saturated rings. The van der Waals surface area contributed by atoms with E-state index in [1.807, 2.05) is 10.7 Å². The molecule has 33 heavy (non-hydrogen) atoms. The van der Waals surface area contributed by atoms with Crippen molar-refractivity contribution < 1.29 is 13.2 Å². The van der Waals surface area contributed by atoms with Crippen LogP contribution in [-0.4, -0.2) is 63.3 Å². The zero-order chi connectivity index (χ0) is 23.5. The number of likely N-dealkylation sites (N-methyl/N-ethyl adjacent to an activating group) is 1. The summed E-state index contributed by atoms with van der Waals surface area (Å²) in [5, 5.41) is 4.70. The highest BCUT2D eigenvalue weighted by Crippen LogP contribution is 2.64. The van der Waals surface area contributed by atoms with Gasteiger partial charge in [-0.2, -0.15) is 18.3 Å². The van der Waals surface area contributed by atoms with Gasteiger partial charge in [-0.05, 0) is 57.2 Å². The number of nitrogens with two attached hydrogens (primary N) is 1. The third-order valence-electron chi connectivity index (χ3n) is 7.91. The zero-order valence-corrected chi connectivity index (χ0v) is 19.5. The number of pyridine rings is 1. The molecule has 0 amide bonds. The van der Waals surface area contributed by atoms with Crippen molar-refractivity contribution in [1.29, 1.82) is 0 Å². The Balaban J connectivity index is 1.33. The molecule has 3 aliphatic rings. The molecule has 4 atom stereocenters. The molecule has 0 unspecified atom stereocenters. The van der Waals surface area contributed by atoms with Crippen molar-refractivity contribution in [3.63, 3.8) is 0 Å². The Kier molecular flexibility index (Phi) is 5.68. The van der Waals surface area contributed by atoms with E-state index in [-0.39, 0.29) is 6.04 Å².